The molecule has 2 atom stereocenters. The molecular weight excluding hydrogens is 228 g/mol. The Hall–Kier alpha value is -2.29. The second kappa shape index (κ2) is 4.18. The number of benzene rings is 2. The van der Waals surface area contributed by atoms with E-state index in [1.165, 1.54) is 0 Å². The van der Waals surface area contributed by atoms with E-state index < -0.39 is 12.1 Å². The molecule has 2 aromatic rings. The minimum atomic E-state index is -0.931. The van der Waals surface area contributed by atoms with Crippen LogP contribution < -0.4 is 4.74 Å². The zero-order valence-electron chi connectivity index (χ0n) is 9.61. The molecule has 3 rings (SSSR count). The van der Waals surface area contributed by atoms with Crippen molar-refractivity contribution >= 4 is 5.97 Å². The first-order valence-corrected chi connectivity index (χ1v) is 5.80. The highest BCUT2D eigenvalue weighted by Gasteiger charge is 2.39. The third-order valence-electron chi connectivity index (χ3n) is 3.21. The van der Waals surface area contributed by atoms with Crippen molar-refractivity contribution in [3.63, 3.8) is 0 Å². The zero-order valence-corrected chi connectivity index (χ0v) is 9.61. The van der Waals surface area contributed by atoms with Gasteiger partial charge in [0.1, 0.15) is 5.75 Å². The molecule has 2 unspecified atom stereocenters. The number of carboxylic acid groups (broad SMARTS) is 1. The Kier molecular flexibility index (Phi) is 2.52. The van der Waals surface area contributed by atoms with Crippen molar-refractivity contribution in [2.75, 3.05) is 0 Å². The Morgan fingerprint density at radius 3 is 2.39 bits per heavy atom. The number of carboxylic acids is 1. The Labute approximate surface area is 105 Å². The van der Waals surface area contributed by atoms with Crippen LogP contribution in [0.4, 0.5) is 0 Å². The van der Waals surface area contributed by atoms with Crippen LogP contribution in [-0.4, -0.2) is 17.2 Å². The summed E-state index contributed by atoms with van der Waals surface area (Å²) in [4.78, 5) is 11.3. The second-order valence-electron chi connectivity index (χ2n) is 4.30. The quantitative estimate of drug-likeness (QED) is 0.877. The van der Waals surface area contributed by atoms with Crippen molar-refractivity contribution in [3.8, 4) is 5.75 Å². The lowest BCUT2D eigenvalue weighted by molar-refractivity contribution is -0.144. The average molecular weight is 240 g/mol. The average Bonchev–Trinajstić information content (AvgIpc) is 2.79. The van der Waals surface area contributed by atoms with Crippen molar-refractivity contribution < 1.29 is 14.6 Å². The van der Waals surface area contributed by atoms with Crippen molar-refractivity contribution in [2.24, 2.45) is 0 Å². The molecule has 1 aliphatic heterocycles. The molecule has 0 aliphatic carbocycles. The molecule has 0 fully saturated rings. The largest absolute Gasteiger partial charge is 0.478 e. The molecule has 3 nitrogen and oxygen atoms in total. The summed E-state index contributed by atoms with van der Waals surface area (Å²) in [7, 11) is 0. The van der Waals surface area contributed by atoms with Gasteiger partial charge in [-0.05, 0) is 11.6 Å². The Morgan fingerprint density at radius 2 is 1.67 bits per heavy atom. The molecule has 1 heterocycles. The van der Waals surface area contributed by atoms with Gasteiger partial charge in [-0.2, -0.15) is 0 Å². The zero-order chi connectivity index (χ0) is 12.5. The smallest absolute Gasteiger partial charge is 0.345 e. The lowest BCUT2D eigenvalue weighted by Crippen LogP contribution is -2.29. The van der Waals surface area contributed by atoms with Crippen LogP contribution in [0.2, 0.25) is 0 Å². The maximum Gasteiger partial charge on any atom is 0.345 e. The number of carbonyl (C=O) groups is 1. The summed E-state index contributed by atoms with van der Waals surface area (Å²) in [6.45, 7) is 0. The maximum atomic E-state index is 11.3. The highest BCUT2D eigenvalue weighted by atomic mass is 16.5. The number of ether oxygens (including phenoxy) is 1. The molecule has 2 aromatic carbocycles. The maximum absolute atomic E-state index is 11.3. The van der Waals surface area contributed by atoms with E-state index in [9.17, 15) is 9.90 Å². The van der Waals surface area contributed by atoms with E-state index in [2.05, 4.69) is 0 Å². The fourth-order valence-corrected chi connectivity index (χ4v) is 2.42. The molecule has 3 heteroatoms. The summed E-state index contributed by atoms with van der Waals surface area (Å²) in [6.07, 6.45) is -0.843. The first-order chi connectivity index (χ1) is 8.77. The van der Waals surface area contributed by atoms with Gasteiger partial charge in [0.05, 0.1) is 5.92 Å². The lowest BCUT2D eigenvalue weighted by atomic mass is 9.88. The van der Waals surface area contributed by atoms with Gasteiger partial charge in [0.25, 0.3) is 0 Å². The van der Waals surface area contributed by atoms with Crippen molar-refractivity contribution in [3.05, 3.63) is 65.7 Å². The number of aliphatic carboxylic acids is 1. The molecule has 0 radical (unpaired) electrons. The molecule has 90 valence electrons. The van der Waals surface area contributed by atoms with Crippen LogP contribution in [0.25, 0.3) is 0 Å². The highest BCUT2D eigenvalue weighted by Crippen LogP contribution is 2.42. The van der Waals surface area contributed by atoms with Gasteiger partial charge in [-0.1, -0.05) is 48.5 Å². The normalized spacial score (nSPS) is 21.1. The van der Waals surface area contributed by atoms with Gasteiger partial charge in [0.15, 0.2) is 0 Å². The molecule has 0 aromatic heterocycles. The first-order valence-electron chi connectivity index (χ1n) is 5.80. The summed E-state index contributed by atoms with van der Waals surface area (Å²) in [5, 5.41) is 9.29. The van der Waals surface area contributed by atoms with Crippen molar-refractivity contribution in [2.45, 2.75) is 12.0 Å². The SMILES string of the molecule is O=C(O)C1Oc2ccccc2C1c1ccccc1. The van der Waals surface area contributed by atoms with Crippen LogP contribution in [0.15, 0.2) is 54.6 Å². The Bertz CT molecular complexity index is 577. The molecule has 0 bridgehead atoms. The summed E-state index contributed by atoms with van der Waals surface area (Å²) in [6, 6.07) is 17.1. The molecule has 0 amide bonds. The van der Waals surface area contributed by atoms with Crippen molar-refractivity contribution in [1.82, 2.24) is 0 Å². The van der Waals surface area contributed by atoms with E-state index in [0.717, 1.165) is 11.1 Å². The number of rotatable bonds is 2. The number of para-hydroxylation sites is 1. The van der Waals surface area contributed by atoms with Gasteiger partial charge < -0.3 is 9.84 Å². The number of fused-ring (bicyclic) bond motifs is 1. The second-order valence-corrected chi connectivity index (χ2v) is 4.30. The summed E-state index contributed by atoms with van der Waals surface area (Å²) < 4.78 is 5.54. The van der Waals surface area contributed by atoms with Gasteiger partial charge >= 0.3 is 5.97 Å². The van der Waals surface area contributed by atoms with E-state index in [-0.39, 0.29) is 5.92 Å². The van der Waals surface area contributed by atoms with E-state index in [0.29, 0.717) is 5.75 Å². The molecule has 1 aliphatic rings. The van der Waals surface area contributed by atoms with Gasteiger partial charge in [-0.15, -0.1) is 0 Å². The monoisotopic (exact) mass is 240 g/mol. The molecule has 0 saturated heterocycles. The number of hydrogen-bond donors (Lipinski definition) is 1. The highest BCUT2D eigenvalue weighted by molar-refractivity contribution is 5.77. The number of hydrogen-bond acceptors (Lipinski definition) is 2. The van der Waals surface area contributed by atoms with Crippen LogP contribution in [0.3, 0.4) is 0 Å². The van der Waals surface area contributed by atoms with Gasteiger partial charge in [-0.25, -0.2) is 4.79 Å². The molecular formula is C15H12O3. The minimum absolute atomic E-state index is 0.236. The van der Waals surface area contributed by atoms with E-state index >= 15 is 0 Å². The molecule has 0 spiro atoms. The van der Waals surface area contributed by atoms with Gasteiger partial charge in [-0.3, -0.25) is 0 Å². The van der Waals surface area contributed by atoms with E-state index in [1.807, 2.05) is 54.6 Å². The third kappa shape index (κ3) is 1.64. The van der Waals surface area contributed by atoms with E-state index in [1.54, 1.807) is 0 Å². The third-order valence-corrected chi connectivity index (χ3v) is 3.21. The van der Waals surface area contributed by atoms with Gasteiger partial charge in [0.2, 0.25) is 6.10 Å². The van der Waals surface area contributed by atoms with Crippen LogP contribution in [0, 0.1) is 0 Å². The standard InChI is InChI=1S/C15H12O3/c16-15(17)14-13(10-6-2-1-3-7-10)11-8-4-5-9-12(11)18-14/h1-9,13-14H,(H,16,17). The van der Waals surface area contributed by atoms with E-state index in [4.69, 9.17) is 4.74 Å². The fourth-order valence-electron chi connectivity index (χ4n) is 2.42. The Morgan fingerprint density at radius 1 is 1.00 bits per heavy atom. The van der Waals surface area contributed by atoms with Gasteiger partial charge in [0, 0.05) is 5.56 Å². The lowest BCUT2D eigenvalue weighted by Gasteiger charge is -2.15. The summed E-state index contributed by atoms with van der Waals surface area (Å²) in [5.74, 6) is -0.501. The van der Waals surface area contributed by atoms with Crippen LogP contribution in [0.5, 0.6) is 5.75 Å². The van der Waals surface area contributed by atoms with Crippen LogP contribution in [-0.2, 0) is 4.79 Å². The van der Waals surface area contributed by atoms with Crippen LogP contribution in [0.1, 0.15) is 17.0 Å². The topological polar surface area (TPSA) is 46.5 Å². The summed E-state index contributed by atoms with van der Waals surface area (Å²) in [5.41, 5.74) is 1.91. The van der Waals surface area contributed by atoms with Crippen LogP contribution >= 0.6 is 0 Å². The summed E-state index contributed by atoms with van der Waals surface area (Å²) >= 11 is 0. The first kappa shape index (κ1) is 10.8. The Balaban J connectivity index is 2.11. The molecule has 1 N–H and O–H groups in total. The van der Waals surface area contributed by atoms with Crippen molar-refractivity contribution in [1.29, 1.82) is 0 Å². The molecule has 0 saturated carbocycles. The molecule has 18 heavy (non-hydrogen) atoms. The fraction of sp³-hybridized carbons (Fsp3) is 0.133. The minimum Gasteiger partial charge on any atom is -0.478 e. The predicted molar refractivity (Wildman–Crippen MR) is 66.8 cm³/mol. The predicted octanol–water partition coefficient (Wildman–Crippen LogP) is 2.66.